The lowest BCUT2D eigenvalue weighted by atomic mass is 10.1. The largest absolute Gasteiger partial charge is 0.355 e. The van der Waals surface area contributed by atoms with Gasteiger partial charge in [0.25, 0.3) is 0 Å². The van der Waals surface area contributed by atoms with Crippen LogP contribution in [-0.2, 0) is 11.2 Å². The van der Waals surface area contributed by atoms with Crippen LogP contribution >= 0.6 is 11.8 Å². The van der Waals surface area contributed by atoms with Gasteiger partial charge in [0.15, 0.2) is 6.17 Å². The fourth-order valence-electron chi connectivity index (χ4n) is 3.34. The van der Waals surface area contributed by atoms with Crippen molar-refractivity contribution in [3.8, 4) is 0 Å². The number of aliphatic imine (C=N–C) groups is 2. The van der Waals surface area contributed by atoms with Crippen LogP contribution in [0.25, 0.3) is 0 Å². The summed E-state index contributed by atoms with van der Waals surface area (Å²) in [5.74, 6) is 0.577. The Morgan fingerprint density at radius 3 is 2.70 bits per heavy atom. The molecule has 1 N–H and O–H groups in total. The van der Waals surface area contributed by atoms with Gasteiger partial charge < -0.3 is 5.32 Å². The number of halogens is 1. The average Bonchev–Trinajstić information content (AvgIpc) is 3.18. The SMILES string of the molecule is CC1=NC2C(C=NN2c2ccccc2)C(SCC(=O)NCCc2ccc(F)cc2)=N1. The van der Waals surface area contributed by atoms with Crippen molar-refractivity contribution in [1.82, 2.24) is 5.32 Å². The Balaban J connectivity index is 1.30. The van der Waals surface area contributed by atoms with E-state index in [-0.39, 0.29) is 29.6 Å². The third kappa shape index (κ3) is 4.76. The van der Waals surface area contributed by atoms with Gasteiger partial charge in [0.05, 0.1) is 22.4 Å². The molecule has 0 fully saturated rings. The van der Waals surface area contributed by atoms with Crippen LogP contribution in [0, 0.1) is 11.7 Å². The van der Waals surface area contributed by atoms with E-state index in [2.05, 4.69) is 20.4 Å². The van der Waals surface area contributed by atoms with Crippen LogP contribution in [0.1, 0.15) is 12.5 Å². The summed E-state index contributed by atoms with van der Waals surface area (Å²) >= 11 is 1.42. The van der Waals surface area contributed by atoms with Crippen LogP contribution in [0.5, 0.6) is 0 Å². The van der Waals surface area contributed by atoms with Crippen LogP contribution in [0.2, 0.25) is 0 Å². The number of nitrogens with zero attached hydrogens (tertiary/aromatic N) is 4. The van der Waals surface area contributed by atoms with Crippen molar-refractivity contribution in [2.75, 3.05) is 17.3 Å². The number of amides is 1. The highest BCUT2D eigenvalue weighted by atomic mass is 32.2. The molecule has 0 radical (unpaired) electrons. The molecule has 2 aliphatic rings. The quantitative estimate of drug-likeness (QED) is 0.773. The number of carbonyl (C=O) groups excluding carboxylic acids is 1. The smallest absolute Gasteiger partial charge is 0.230 e. The molecule has 6 nitrogen and oxygen atoms in total. The molecule has 8 heteroatoms. The van der Waals surface area contributed by atoms with Gasteiger partial charge >= 0.3 is 0 Å². The predicted molar refractivity (Wildman–Crippen MR) is 121 cm³/mol. The molecule has 0 spiro atoms. The molecular weight excluding hydrogens is 401 g/mol. The van der Waals surface area contributed by atoms with Crippen molar-refractivity contribution in [3.05, 3.63) is 66.0 Å². The Hall–Kier alpha value is -3.00. The van der Waals surface area contributed by atoms with E-state index in [1.807, 2.05) is 48.5 Å². The fourth-order valence-corrected chi connectivity index (χ4v) is 4.29. The van der Waals surface area contributed by atoms with Crippen molar-refractivity contribution in [2.24, 2.45) is 21.0 Å². The zero-order chi connectivity index (χ0) is 20.9. The maximum atomic E-state index is 13.0. The monoisotopic (exact) mass is 423 g/mol. The first-order valence-electron chi connectivity index (χ1n) is 9.75. The summed E-state index contributed by atoms with van der Waals surface area (Å²) in [6, 6.07) is 16.2. The van der Waals surface area contributed by atoms with E-state index in [1.54, 1.807) is 12.1 Å². The number of hydrazone groups is 1. The first kappa shape index (κ1) is 20.3. The second-order valence-corrected chi connectivity index (χ2v) is 8.02. The lowest BCUT2D eigenvalue weighted by molar-refractivity contribution is -0.118. The van der Waals surface area contributed by atoms with E-state index in [9.17, 15) is 9.18 Å². The first-order chi connectivity index (χ1) is 14.6. The third-order valence-corrected chi connectivity index (χ3v) is 5.89. The van der Waals surface area contributed by atoms with Gasteiger partial charge in [-0.3, -0.25) is 4.79 Å². The summed E-state index contributed by atoms with van der Waals surface area (Å²) in [6.07, 6.45) is 2.34. The molecule has 0 bridgehead atoms. The number of benzene rings is 2. The van der Waals surface area contributed by atoms with Gasteiger partial charge in [0, 0.05) is 12.8 Å². The van der Waals surface area contributed by atoms with Gasteiger partial charge in [-0.25, -0.2) is 19.4 Å². The highest BCUT2D eigenvalue weighted by Gasteiger charge is 2.37. The highest BCUT2D eigenvalue weighted by molar-refractivity contribution is 8.14. The van der Waals surface area contributed by atoms with E-state index in [0.29, 0.717) is 18.8 Å². The second kappa shape index (κ2) is 9.21. The number of hydrogen-bond donors (Lipinski definition) is 1. The number of rotatable bonds is 6. The minimum atomic E-state index is -0.258. The predicted octanol–water partition coefficient (Wildman–Crippen LogP) is 3.50. The summed E-state index contributed by atoms with van der Waals surface area (Å²) in [4.78, 5) is 21.5. The van der Waals surface area contributed by atoms with E-state index >= 15 is 0 Å². The zero-order valence-electron chi connectivity index (χ0n) is 16.5. The minimum absolute atomic E-state index is 0.0589. The van der Waals surface area contributed by atoms with Gasteiger partial charge in [-0.05, 0) is 43.2 Å². The van der Waals surface area contributed by atoms with Crippen LogP contribution in [0.15, 0.2) is 69.7 Å². The lowest BCUT2D eigenvalue weighted by Crippen LogP contribution is -2.38. The number of carbonyl (C=O) groups is 1. The molecule has 0 saturated heterocycles. The molecule has 0 saturated carbocycles. The van der Waals surface area contributed by atoms with Crippen LogP contribution in [0.4, 0.5) is 10.1 Å². The lowest BCUT2D eigenvalue weighted by Gasteiger charge is -2.27. The number of nitrogens with one attached hydrogen (secondary N) is 1. The normalized spacial score (nSPS) is 19.9. The molecule has 2 aliphatic heterocycles. The minimum Gasteiger partial charge on any atom is -0.355 e. The number of fused-ring (bicyclic) bond motifs is 1. The van der Waals surface area contributed by atoms with E-state index < -0.39 is 0 Å². The Morgan fingerprint density at radius 1 is 1.17 bits per heavy atom. The molecule has 2 atom stereocenters. The number of hydrogen-bond acceptors (Lipinski definition) is 6. The van der Waals surface area contributed by atoms with Crippen molar-refractivity contribution in [3.63, 3.8) is 0 Å². The van der Waals surface area contributed by atoms with E-state index in [0.717, 1.165) is 16.3 Å². The number of amidine groups is 1. The van der Waals surface area contributed by atoms with Crippen molar-refractivity contribution in [2.45, 2.75) is 19.5 Å². The molecule has 0 aliphatic carbocycles. The zero-order valence-corrected chi connectivity index (χ0v) is 17.3. The van der Waals surface area contributed by atoms with Gasteiger partial charge in [-0.2, -0.15) is 5.10 Å². The summed E-state index contributed by atoms with van der Waals surface area (Å²) in [5.41, 5.74) is 1.96. The number of para-hydroxylation sites is 1. The molecular formula is C22H22FN5OS. The van der Waals surface area contributed by atoms with Crippen molar-refractivity contribution in [1.29, 1.82) is 0 Å². The summed E-state index contributed by atoms with van der Waals surface area (Å²) in [7, 11) is 0. The van der Waals surface area contributed by atoms with Gasteiger partial charge in [0.1, 0.15) is 11.7 Å². The Bertz CT molecular complexity index is 990. The topological polar surface area (TPSA) is 69.4 Å². The Labute approximate surface area is 179 Å². The van der Waals surface area contributed by atoms with Crippen molar-refractivity contribution >= 4 is 40.5 Å². The molecule has 0 aromatic heterocycles. The Morgan fingerprint density at radius 2 is 1.93 bits per heavy atom. The average molecular weight is 424 g/mol. The fraction of sp³-hybridized carbons (Fsp3) is 0.273. The summed E-state index contributed by atoms with van der Waals surface area (Å²) < 4.78 is 13.0. The third-order valence-electron chi connectivity index (χ3n) is 4.82. The molecule has 30 heavy (non-hydrogen) atoms. The second-order valence-electron chi connectivity index (χ2n) is 7.03. The molecule has 2 aromatic carbocycles. The van der Waals surface area contributed by atoms with E-state index in [4.69, 9.17) is 0 Å². The first-order valence-corrected chi connectivity index (χ1v) is 10.7. The summed E-state index contributed by atoms with van der Waals surface area (Å²) in [5, 5.41) is 10.2. The Kier molecular flexibility index (Phi) is 6.23. The van der Waals surface area contributed by atoms with Crippen molar-refractivity contribution < 1.29 is 9.18 Å². The molecule has 1 amide bonds. The van der Waals surface area contributed by atoms with Gasteiger partial charge in [-0.1, -0.05) is 42.1 Å². The highest BCUT2D eigenvalue weighted by Crippen LogP contribution is 2.32. The molecule has 4 rings (SSSR count). The summed E-state index contributed by atoms with van der Waals surface area (Å²) in [6.45, 7) is 2.37. The number of thioether (sulfide) groups is 1. The maximum Gasteiger partial charge on any atom is 0.230 e. The maximum absolute atomic E-state index is 13.0. The van der Waals surface area contributed by atoms with Crippen LogP contribution < -0.4 is 10.3 Å². The molecule has 2 unspecified atom stereocenters. The van der Waals surface area contributed by atoms with Gasteiger partial charge in [0.2, 0.25) is 5.91 Å². The van der Waals surface area contributed by atoms with E-state index in [1.165, 1.54) is 23.9 Å². The molecule has 154 valence electrons. The number of anilines is 1. The molecule has 2 aromatic rings. The van der Waals surface area contributed by atoms with Gasteiger partial charge in [-0.15, -0.1) is 0 Å². The van der Waals surface area contributed by atoms with Crippen LogP contribution in [-0.4, -0.2) is 41.5 Å². The standard InChI is InChI=1S/C22H22FN5OS/c1-15-26-21-19(13-25-28(21)18-5-3-2-4-6-18)22(27-15)30-14-20(29)24-12-11-16-7-9-17(23)10-8-16/h2-10,13,19,21H,11-12,14H2,1H3,(H,24,29). The molecule has 2 heterocycles. The van der Waals surface area contributed by atoms with Crippen LogP contribution in [0.3, 0.4) is 0 Å².